The molecular weight excluding hydrogens is 208 g/mol. The molecule has 0 amide bonds. The molecule has 5 heteroatoms. The predicted octanol–water partition coefficient (Wildman–Crippen LogP) is 0.270. The summed E-state index contributed by atoms with van der Waals surface area (Å²) in [5.74, 6) is 0. The normalized spacial score (nSPS) is 12.9. The monoisotopic (exact) mass is 220 g/mol. The molecule has 2 N–H and O–H groups in total. The molecule has 1 atom stereocenters. The molecule has 0 aliphatic carbocycles. The molecule has 2 rings (SSSR count). The van der Waals surface area contributed by atoms with Crippen LogP contribution in [0.4, 0.5) is 0 Å². The highest BCUT2D eigenvalue weighted by molar-refractivity contribution is 5.80. The lowest BCUT2D eigenvalue weighted by molar-refractivity contribution is 0.0702. The molecule has 0 saturated carbocycles. The number of hydrogen-bond acceptors (Lipinski definition) is 4. The van der Waals surface area contributed by atoms with Crippen molar-refractivity contribution >= 4 is 10.8 Å². The summed E-state index contributed by atoms with van der Waals surface area (Å²) in [5, 5.41) is 19.6. The molecule has 0 bridgehead atoms. The fourth-order valence-corrected chi connectivity index (χ4v) is 1.59. The molecule has 0 saturated heterocycles. The first kappa shape index (κ1) is 10.8. The summed E-state index contributed by atoms with van der Waals surface area (Å²) in [6.45, 7) is -0.168. The highest BCUT2D eigenvalue weighted by atomic mass is 16.3. The summed E-state index contributed by atoms with van der Waals surface area (Å²) >= 11 is 0. The molecule has 1 unspecified atom stereocenters. The summed E-state index contributed by atoms with van der Waals surface area (Å²) in [7, 11) is 0. The minimum absolute atomic E-state index is 0.131. The number of hydrogen-bond donors (Lipinski definition) is 2. The van der Waals surface area contributed by atoms with Crippen LogP contribution < -0.4 is 5.56 Å². The van der Waals surface area contributed by atoms with Crippen molar-refractivity contribution in [2.24, 2.45) is 0 Å². The fraction of sp³-hybridized carbons (Fsp3) is 0.273. The SMILES string of the molecule is O=c1c2cnccc2ccn1C(O)CCO. The van der Waals surface area contributed by atoms with E-state index in [1.54, 1.807) is 18.3 Å². The molecule has 0 fully saturated rings. The van der Waals surface area contributed by atoms with Gasteiger partial charge < -0.3 is 10.2 Å². The molecular formula is C11H12N2O3. The Hall–Kier alpha value is -1.72. The molecule has 16 heavy (non-hydrogen) atoms. The van der Waals surface area contributed by atoms with Gasteiger partial charge in [0.05, 0.1) is 5.39 Å². The van der Waals surface area contributed by atoms with Crippen molar-refractivity contribution in [1.82, 2.24) is 9.55 Å². The third-order valence-electron chi connectivity index (χ3n) is 2.44. The van der Waals surface area contributed by atoms with Gasteiger partial charge in [0.2, 0.25) is 0 Å². The number of pyridine rings is 2. The van der Waals surface area contributed by atoms with E-state index in [0.717, 1.165) is 5.39 Å². The minimum Gasteiger partial charge on any atom is -0.396 e. The van der Waals surface area contributed by atoms with Crippen LogP contribution in [0.3, 0.4) is 0 Å². The second-order valence-corrected chi connectivity index (χ2v) is 3.48. The summed E-state index contributed by atoms with van der Waals surface area (Å²) < 4.78 is 1.19. The fourth-order valence-electron chi connectivity index (χ4n) is 1.59. The predicted molar refractivity (Wildman–Crippen MR) is 59.0 cm³/mol. The number of aliphatic hydroxyl groups excluding tert-OH is 2. The molecule has 5 nitrogen and oxygen atoms in total. The highest BCUT2D eigenvalue weighted by Gasteiger charge is 2.09. The summed E-state index contributed by atoms with van der Waals surface area (Å²) in [6, 6.07) is 3.47. The average molecular weight is 220 g/mol. The van der Waals surface area contributed by atoms with Crippen molar-refractivity contribution in [2.75, 3.05) is 6.61 Å². The number of aromatic nitrogens is 2. The Balaban J connectivity index is 2.57. The van der Waals surface area contributed by atoms with E-state index in [1.165, 1.54) is 17.0 Å². The Labute approximate surface area is 91.6 Å². The Morgan fingerprint density at radius 2 is 2.25 bits per heavy atom. The lowest BCUT2D eigenvalue weighted by Crippen LogP contribution is -2.24. The highest BCUT2D eigenvalue weighted by Crippen LogP contribution is 2.10. The van der Waals surface area contributed by atoms with E-state index in [-0.39, 0.29) is 18.6 Å². The molecule has 0 aliphatic rings. The second kappa shape index (κ2) is 4.42. The Morgan fingerprint density at radius 1 is 1.44 bits per heavy atom. The van der Waals surface area contributed by atoms with Gasteiger partial charge in [-0.25, -0.2) is 0 Å². The third kappa shape index (κ3) is 1.82. The van der Waals surface area contributed by atoms with Crippen molar-refractivity contribution in [3.63, 3.8) is 0 Å². The number of rotatable bonds is 3. The van der Waals surface area contributed by atoms with Crippen molar-refractivity contribution in [1.29, 1.82) is 0 Å². The van der Waals surface area contributed by atoms with Crippen LogP contribution in [0.15, 0.2) is 35.5 Å². The van der Waals surface area contributed by atoms with Crippen LogP contribution in [0.25, 0.3) is 10.8 Å². The van der Waals surface area contributed by atoms with Gasteiger partial charge in [0.25, 0.3) is 5.56 Å². The van der Waals surface area contributed by atoms with Gasteiger partial charge in [0.15, 0.2) is 0 Å². The number of aliphatic hydroxyl groups is 2. The molecule has 0 aliphatic heterocycles. The lowest BCUT2D eigenvalue weighted by atomic mass is 10.2. The molecule has 2 heterocycles. The maximum Gasteiger partial charge on any atom is 0.262 e. The number of fused-ring (bicyclic) bond motifs is 1. The van der Waals surface area contributed by atoms with Crippen molar-refractivity contribution in [3.05, 3.63) is 41.1 Å². The van der Waals surface area contributed by atoms with Crippen LogP contribution in [-0.2, 0) is 0 Å². The smallest absolute Gasteiger partial charge is 0.262 e. The van der Waals surface area contributed by atoms with E-state index >= 15 is 0 Å². The Kier molecular flexibility index (Phi) is 2.98. The van der Waals surface area contributed by atoms with Crippen LogP contribution in [0.2, 0.25) is 0 Å². The van der Waals surface area contributed by atoms with E-state index < -0.39 is 6.23 Å². The summed E-state index contributed by atoms with van der Waals surface area (Å²) in [4.78, 5) is 15.8. The third-order valence-corrected chi connectivity index (χ3v) is 2.44. The lowest BCUT2D eigenvalue weighted by Gasteiger charge is -2.13. The average Bonchev–Trinajstić information content (AvgIpc) is 2.30. The molecule has 0 spiro atoms. The topological polar surface area (TPSA) is 75.4 Å². The largest absolute Gasteiger partial charge is 0.396 e. The van der Waals surface area contributed by atoms with Crippen LogP contribution in [0.5, 0.6) is 0 Å². The maximum atomic E-state index is 11.9. The van der Waals surface area contributed by atoms with E-state index in [0.29, 0.717) is 5.39 Å². The van der Waals surface area contributed by atoms with E-state index in [9.17, 15) is 9.90 Å². The zero-order chi connectivity index (χ0) is 11.5. The Morgan fingerprint density at radius 3 is 3.00 bits per heavy atom. The van der Waals surface area contributed by atoms with Crippen molar-refractivity contribution < 1.29 is 10.2 Å². The quantitative estimate of drug-likeness (QED) is 0.778. The summed E-state index contributed by atoms with van der Waals surface area (Å²) in [5.41, 5.74) is -0.299. The molecule has 84 valence electrons. The van der Waals surface area contributed by atoms with Crippen LogP contribution in [0.1, 0.15) is 12.6 Å². The molecule has 2 aromatic heterocycles. The van der Waals surface area contributed by atoms with Gasteiger partial charge in [-0.15, -0.1) is 0 Å². The minimum atomic E-state index is -0.998. The zero-order valence-corrected chi connectivity index (χ0v) is 8.58. The van der Waals surface area contributed by atoms with Crippen LogP contribution >= 0.6 is 0 Å². The van der Waals surface area contributed by atoms with Gasteiger partial charge in [-0.3, -0.25) is 14.3 Å². The first-order chi connectivity index (χ1) is 7.74. The standard InChI is InChI=1S/C11H12N2O3/c14-6-3-10(15)13-5-2-8-1-4-12-7-9(8)11(13)16/h1-2,4-5,7,10,14-15H,3,6H2. The van der Waals surface area contributed by atoms with E-state index in [2.05, 4.69) is 4.98 Å². The van der Waals surface area contributed by atoms with Gasteiger partial charge in [0, 0.05) is 31.6 Å². The van der Waals surface area contributed by atoms with Gasteiger partial charge in [-0.1, -0.05) is 0 Å². The van der Waals surface area contributed by atoms with Crippen molar-refractivity contribution in [3.8, 4) is 0 Å². The van der Waals surface area contributed by atoms with Gasteiger partial charge in [0.1, 0.15) is 6.23 Å². The molecule has 0 aromatic carbocycles. The zero-order valence-electron chi connectivity index (χ0n) is 8.58. The van der Waals surface area contributed by atoms with E-state index in [4.69, 9.17) is 5.11 Å². The first-order valence-electron chi connectivity index (χ1n) is 4.98. The number of nitrogens with zero attached hydrogens (tertiary/aromatic N) is 2. The molecule has 2 aromatic rings. The summed E-state index contributed by atoms with van der Waals surface area (Å²) in [6.07, 6.45) is 3.73. The van der Waals surface area contributed by atoms with Gasteiger partial charge in [-0.2, -0.15) is 0 Å². The maximum absolute atomic E-state index is 11.9. The van der Waals surface area contributed by atoms with Gasteiger partial charge in [-0.05, 0) is 17.5 Å². The van der Waals surface area contributed by atoms with Crippen LogP contribution in [0, 0.1) is 0 Å². The second-order valence-electron chi connectivity index (χ2n) is 3.48. The van der Waals surface area contributed by atoms with E-state index in [1.807, 2.05) is 0 Å². The molecule has 0 radical (unpaired) electrons. The van der Waals surface area contributed by atoms with Crippen molar-refractivity contribution in [2.45, 2.75) is 12.6 Å². The Bertz CT molecular complexity index is 550. The first-order valence-corrected chi connectivity index (χ1v) is 4.98. The van der Waals surface area contributed by atoms with Crippen LogP contribution in [-0.4, -0.2) is 26.4 Å². The van der Waals surface area contributed by atoms with Gasteiger partial charge >= 0.3 is 0 Å².